The summed E-state index contributed by atoms with van der Waals surface area (Å²) >= 11 is 0. The molecule has 2 aromatic carbocycles. The van der Waals surface area contributed by atoms with Crippen molar-refractivity contribution < 1.29 is 5.11 Å². The topological polar surface area (TPSA) is 32.6 Å². The molecule has 0 spiro atoms. The van der Waals surface area contributed by atoms with Gasteiger partial charge in [0.2, 0.25) is 0 Å². The molecule has 2 unspecified atom stereocenters. The van der Waals surface area contributed by atoms with Gasteiger partial charge in [-0.05, 0) is 47.2 Å². The minimum absolute atomic E-state index is 0.0476. The second-order valence-corrected chi connectivity index (χ2v) is 11.2. The Hall–Kier alpha value is -1.66. The zero-order valence-electron chi connectivity index (χ0n) is 20.0. The first-order valence-corrected chi connectivity index (χ1v) is 12.3. The fourth-order valence-corrected chi connectivity index (χ4v) is 5.89. The number of aliphatic imine (C=N–C) groups is 1. The van der Waals surface area contributed by atoms with Crippen LogP contribution in [0.1, 0.15) is 89.0 Å². The summed E-state index contributed by atoms with van der Waals surface area (Å²) < 4.78 is 0. The Morgan fingerprint density at radius 3 is 2.37 bits per heavy atom. The summed E-state index contributed by atoms with van der Waals surface area (Å²) in [6.07, 6.45) is 7.67. The molecule has 2 rings (SSSR count). The van der Waals surface area contributed by atoms with E-state index in [2.05, 4.69) is 76.0 Å². The fourth-order valence-electron chi connectivity index (χ4n) is 4.09. The predicted molar refractivity (Wildman–Crippen MR) is 136 cm³/mol. The van der Waals surface area contributed by atoms with Gasteiger partial charge >= 0.3 is 0 Å². The molecular weight excluding hydrogens is 385 g/mol. The van der Waals surface area contributed by atoms with Crippen molar-refractivity contribution in [2.45, 2.75) is 84.2 Å². The molecule has 2 aromatic rings. The van der Waals surface area contributed by atoms with E-state index in [1.54, 1.807) is 0 Å². The average molecular weight is 426 g/mol. The molecule has 0 amide bonds. The van der Waals surface area contributed by atoms with Crippen molar-refractivity contribution in [2.75, 3.05) is 7.05 Å². The highest BCUT2D eigenvalue weighted by Gasteiger charge is 2.35. The maximum absolute atomic E-state index is 11.2. The van der Waals surface area contributed by atoms with Crippen LogP contribution in [0.4, 0.5) is 0 Å². The number of nitrogens with zero attached hydrogens (tertiary/aromatic N) is 1. The summed E-state index contributed by atoms with van der Waals surface area (Å²) in [5.74, 6) is 0.482. The highest BCUT2D eigenvalue weighted by molar-refractivity contribution is 7.48. The molecule has 3 heteroatoms. The lowest BCUT2D eigenvalue weighted by atomic mass is 9.80. The van der Waals surface area contributed by atoms with Crippen LogP contribution < -0.4 is 5.30 Å². The number of phenolic OH excluding ortho intramolecular Hbond substituents is 1. The van der Waals surface area contributed by atoms with E-state index in [9.17, 15) is 5.11 Å². The van der Waals surface area contributed by atoms with Gasteiger partial charge < -0.3 is 5.11 Å². The quantitative estimate of drug-likeness (QED) is 0.256. The second kappa shape index (κ2) is 10.6. The first kappa shape index (κ1) is 24.6. The smallest absolute Gasteiger partial charge is 0.122 e. The van der Waals surface area contributed by atoms with Gasteiger partial charge in [-0.1, -0.05) is 98.9 Å². The Balaban J connectivity index is 2.67. The van der Waals surface area contributed by atoms with Crippen molar-refractivity contribution in [1.29, 1.82) is 0 Å². The largest absolute Gasteiger partial charge is 0.507 e. The Bertz CT molecular complexity index is 866. The van der Waals surface area contributed by atoms with Gasteiger partial charge in [0, 0.05) is 24.0 Å². The number of unbranched alkanes of at least 4 members (excludes halogenated alkanes) is 2. The minimum Gasteiger partial charge on any atom is -0.507 e. The molecule has 0 saturated carbocycles. The minimum atomic E-state index is -0.0665. The molecule has 1 N–H and O–H groups in total. The third kappa shape index (κ3) is 5.73. The SMILES string of the molecule is CCCCCC(CC)(Pc1ccccc1/C=N/C)c1cc(C(C)(C)C)cc(C)c1O. The molecule has 30 heavy (non-hydrogen) atoms. The molecule has 0 saturated heterocycles. The monoisotopic (exact) mass is 425 g/mol. The number of phenols is 1. The van der Waals surface area contributed by atoms with E-state index >= 15 is 0 Å². The van der Waals surface area contributed by atoms with Gasteiger partial charge in [-0.2, -0.15) is 0 Å². The van der Waals surface area contributed by atoms with Crippen molar-refractivity contribution in [3.63, 3.8) is 0 Å². The molecule has 0 aliphatic carbocycles. The molecule has 0 bridgehead atoms. The standard InChI is InChI=1S/C27H40NOP/c1-8-10-13-16-27(9-2,30-24-15-12-11-14-21(24)19-28-7)23-18-22(26(4,5)6)17-20(3)25(23)29/h11-12,14-15,17-19,29-30H,8-10,13,16H2,1-7H3/b28-19+. The van der Waals surface area contributed by atoms with Gasteiger partial charge in [-0.25, -0.2) is 0 Å². The summed E-state index contributed by atoms with van der Waals surface area (Å²) in [6, 6.07) is 13.0. The van der Waals surface area contributed by atoms with Crippen LogP contribution in [0, 0.1) is 6.92 Å². The molecular formula is C27H40NOP. The van der Waals surface area contributed by atoms with Crippen LogP contribution >= 0.6 is 8.58 Å². The summed E-state index contributed by atoms with van der Waals surface area (Å²) in [7, 11) is 2.41. The van der Waals surface area contributed by atoms with Crippen LogP contribution in [0.2, 0.25) is 0 Å². The van der Waals surface area contributed by atoms with Crippen LogP contribution in [-0.2, 0) is 10.6 Å². The molecule has 2 nitrogen and oxygen atoms in total. The molecule has 0 aromatic heterocycles. The predicted octanol–water partition coefficient (Wildman–Crippen LogP) is 7.24. The number of hydrogen-bond acceptors (Lipinski definition) is 2. The maximum atomic E-state index is 11.2. The lowest BCUT2D eigenvalue weighted by Crippen LogP contribution is -2.25. The first-order chi connectivity index (χ1) is 14.2. The van der Waals surface area contributed by atoms with E-state index in [1.165, 1.54) is 35.7 Å². The van der Waals surface area contributed by atoms with Crippen LogP contribution in [0.3, 0.4) is 0 Å². The van der Waals surface area contributed by atoms with Gasteiger partial charge in [0.25, 0.3) is 0 Å². The molecule has 0 aliphatic heterocycles. The van der Waals surface area contributed by atoms with Crippen LogP contribution in [0.15, 0.2) is 41.4 Å². The molecule has 0 heterocycles. The highest BCUT2D eigenvalue weighted by Crippen LogP contribution is 2.52. The third-order valence-corrected chi connectivity index (χ3v) is 8.17. The van der Waals surface area contributed by atoms with Gasteiger partial charge in [0.05, 0.1) is 0 Å². The van der Waals surface area contributed by atoms with E-state index in [0.717, 1.165) is 24.0 Å². The Morgan fingerprint density at radius 2 is 1.77 bits per heavy atom. The van der Waals surface area contributed by atoms with E-state index in [0.29, 0.717) is 14.3 Å². The zero-order valence-corrected chi connectivity index (χ0v) is 21.0. The third-order valence-electron chi connectivity index (χ3n) is 6.10. The van der Waals surface area contributed by atoms with Crippen molar-refractivity contribution >= 4 is 20.1 Å². The Morgan fingerprint density at radius 1 is 1.07 bits per heavy atom. The van der Waals surface area contributed by atoms with E-state index in [1.807, 2.05) is 20.2 Å². The van der Waals surface area contributed by atoms with E-state index < -0.39 is 0 Å². The summed E-state index contributed by atoms with van der Waals surface area (Å²) in [5.41, 5.74) is 4.65. The summed E-state index contributed by atoms with van der Waals surface area (Å²) in [4.78, 5) is 4.28. The normalized spacial score (nSPS) is 14.6. The molecule has 0 radical (unpaired) electrons. The van der Waals surface area contributed by atoms with Gasteiger partial charge in [0.15, 0.2) is 0 Å². The lowest BCUT2D eigenvalue weighted by Gasteiger charge is -2.36. The number of aromatic hydroxyl groups is 1. The second-order valence-electron chi connectivity index (χ2n) is 9.43. The zero-order chi connectivity index (χ0) is 22.4. The highest BCUT2D eigenvalue weighted by atomic mass is 31.1. The lowest BCUT2D eigenvalue weighted by molar-refractivity contribution is 0.431. The first-order valence-electron chi connectivity index (χ1n) is 11.3. The van der Waals surface area contributed by atoms with Crippen LogP contribution in [0.5, 0.6) is 5.75 Å². The molecule has 0 fully saturated rings. The van der Waals surface area contributed by atoms with Crippen molar-refractivity contribution in [3.8, 4) is 5.75 Å². The molecule has 2 atom stereocenters. The average Bonchev–Trinajstić information content (AvgIpc) is 2.70. The number of hydrogen-bond donors (Lipinski definition) is 1. The summed E-state index contributed by atoms with van der Waals surface area (Å²) in [6.45, 7) is 13.3. The van der Waals surface area contributed by atoms with Gasteiger partial charge in [0.1, 0.15) is 5.75 Å². The molecule has 164 valence electrons. The van der Waals surface area contributed by atoms with Crippen LogP contribution in [0.25, 0.3) is 0 Å². The fraction of sp³-hybridized carbons (Fsp3) is 0.519. The molecule has 0 aliphatic rings. The number of aryl methyl sites for hydroxylation is 1. The Kier molecular flexibility index (Phi) is 8.68. The van der Waals surface area contributed by atoms with Gasteiger partial charge in [-0.3, -0.25) is 4.99 Å². The van der Waals surface area contributed by atoms with Gasteiger partial charge in [-0.15, -0.1) is 0 Å². The van der Waals surface area contributed by atoms with Crippen LogP contribution in [-0.4, -0.2) is 18.4 Å². The number of rotatable bonds is 9. The number of benzene rings is 2. The van der Waals surface area contributed by atoms with E-state index in [-0.39, 0.29) is 10.6 Å². The van der Waals surface area contributed by atoms with Crippen molar-refractivity contribution in [1.82, 2.24) is 0 Å². The van der Waals surface area contributed by atoms with Crippen molar-refractivity contribution in [3.05, 3.63) is 58.7 Å². The summed E-state index contributed by atoms with van der Waals surface area (Å²) in [5, 5.41) is 12.5. The Labute approximate surface area is 186 Å². The van der Waals surface area contributed by atoms with Crippen molar-refractivity contribution in [2.24, 2.45) is 4.99 Å². The maximum Gasteiger partial charge on any atom is 0.122 e. The van der Waals surface area contributed by atoms with E-state index in [4.69, 9.17) is 0 Å².